The first kappa shape index (κ1) is 15.4. The van der Waals surface area contributed by atoms with Gasteiger partial charge in [-0.1, -0.05) is 12.1 Å². The SMILES string of the molecule is CN(C)CCCCNC(=O)COc1ccccc1F. The van der Waals surface area contributed by atoms with Gasteiger partial charge in [-0.25, -0.2) is 4.39 Å². The van der Waals surface area contributed by atoms with Gasteiger partial charge in [0, 0.05) is 6.54 Å². The summed E-state index contributed by atoms with van der Waals surface area (Å²) in [6, 6.07) is 6.04. The molecule has 19 heavy (non-hydrogen) atoms. The summed E-state index contributed by atoms with van der Waals surface area (Å²) >= 11 is 0. The zero-order chi connectivity index (χ0) is 14.1. The van der Waals surface area contributed by atoms with Gasteiger partial charge in [0.15, 0.2) is 18.2 Å². The highest BCUT2D eigenvalue weighted by atomic mass is 19.1. The Kier molecular flexibility index (Phi) is 6.89. The van der Waals surface area contributed by atoms with Gasteiger partial charge in [0.05, 0.1) is 0 Å². The normalized spacial score (nSPS) is 10.5. The van der Waals surface area contributed by atoms with Crippen LogP contribution < -0.4 is 10.1 Å². The lowest BCUT2D eigenvalue weighted by Crippen LogP contribution is -2.30. The molecular weight excluding hydrogens is 247 g/mol. The van der Waals surface area contributed by atoms with Crippen LogP contribution >= 0.6 is 0 Å². The number of para-hydroxylation sites is 1. The van der Waals surface area contributed by atoms with Crippen molar-refractivity contribution in [1.29, 1.82) is 0 Å². The second-order valence-corrected chi connectivity index (χ2v) is 4.58. The number of nitrogens with zero attached hydrogens (tertiary/aromatic N) is 1. The number of amides is 1. The minimum atomic E-state index is -0.457. The van der Waals surface area contributed by atoms with Gasteiger partial charge in [-0.05, 0) is 45.6 Å². The third-order valence-electron chi connectivity index (χ3n) is 2.55. The van der Waals surface area contributed by atoms with Gasteiger partial charge in [0.2, 0.25) is 0 Å². The Labute approximate surface area is 113 Å². The van der Waals surface area contributed by atoms with Gasteiger partial charge < -0.3 is 15.0 Å². The molecule has 1 aromatic rings. The molecule has 1 aromatic carbocycles. The predicted molar refractivity (Wildman–Crippen MR) is 72.7 cm³/mol. The van der Waals surface area contributed by atoms with E-state index in [0.29, 0.717) is 6.54 Å². The number of benzene rings is 1. The van der Waals surface area contributed by atoms with Crippen LogP contribution in [0.25, 0.3) is 0 Å². The fourth-order valence-electron chi connectivity index (χ4n) is 1.54. The number of hydrogen-bond acceptors (Lipinski definition) is 3. The van der Waals surface area contributed by atoms with Crippen molar-refractivity contribution >= 4 is 5.91 Å². The average molecular weight is 268 g/mol. The van der Waals surface area contributed by atoms with Crippen molar-refractivity contribution in [3.05, 3.63) is 30.1 Å². The molecular formula is C14H21FN2O2. The molecule has 5 heteroatoms. The van der Waals surface area contributed by atoms with Gasteiger partial charge in [-0.3, -0.25) is 4.79 Å². The monoisotopic (exact) mass is 268 g/mol. The van der Waals surface area contributed by atoms with E-state index in [0.717, 1.165) is 19.4 Å². The number of carbonyl (C=O) groups is 1. The molecule has 1 N–H and O–H groups in total. The Morgan fingerprint density at radius 1 is 1.32 bits per heavy atom. The van der Waals surface area contributed by atoms with E-state index in [1.807, 2.05) is 14.1 Å². The molecule has 0 aliphatic carbocycles. The van der Waals surface area contributed by atoms with E-state index in [-0.39, 0.29) is 18.3 Å². The lowest BCUT2D eigenvalue weighted by molar-refractivity contribution is -0.123. The van der Waals surface area contributed by atoms with Crippen molar-refractivity contribution < 1.29 is 13.9 Å². The second kappa shape index (κ2) is 8.48. The number of hydrogen-bond donors (Lipinski definition) is 1. The highest BCUT2D eigenvalue weighted by Crippen LogP contribution is 2.14. The maximum atomic E-state index is 13.2. The topological polar surface area (TPSA) is 41.6 Å². The number of nitrogens with one attached hydrogen (secondary N) is 1. The molecule has 0 saturated heterocycles. The molecule has 1 amide bonds. The molecule has 4 nitrogen and oxygen atoms in total. The molecule has 1 rings (SSSR count). The maximum absolute atomic E-state index is 13.2. The van der Waals surface area contributed by atoms with E-state index in [1.165, 1.54) is 12.1 Å². The van der Waals surface area contributed by atoms with Crippen LogP contribution in [0.1, 0.15) is 12.8 Å². The average Bonchev–Trinajstić information content (AvgIpc) is 2.37. The zero-order valence-corrected chi connectivity index (χ0v) is 11.5. The lowest BCUT2D eigenvalue weighted by atomic mass is 10.3. The van der Waals surface area contributed by atoms with Crippen LogP contribution in [-0.4, -0.2) is 44.6 Å². The number of ether oxygens (including phenoxy) is 1. The van der Waals surface area contributed by atoms with E-state index >= 15 is 0 Å². The Balaban J connectivity index is 2.13. The summed E-state index contributed by atoms with van der Waals surface area (Å²) in [5.74, 6) is -0.584. The van der Waals surface area contributed by atoms with Crippen molar-refractivity contribution in [2.45, 2.75) is 12.8 Å². The van der Waals surface area contributed by atoms with Crippen molar-refractivity contribution in [2.24, 2.45) is 0 Å². The quantitative estimate of drug-likeness (QED) is 0.729. The van der Waals surface area contributed by atoms with E-state index < -0.39 is 5.82 Å². The fraction of sp³-hybridized carbons (Fsp3) is 0.500. The molecule has 0 bridgehead atoms. The highest BCUT2D eigenvalue weighted by molar-refractivity contribution is 5.77. The first-order valence-corrected chi connectivity index (χ1v) is 6.38. The van der Waals surface area contributed by atoms with E-state index in [1.54, 1.807) is 12.1 Å². The third kappa shape index (κ3) is 6.76. The molecule has 0 aromatic heterocycles. The third-order valence-corrected chi connectivity index (χ3v) is 2.55. The van der Waals surface area contributed by atoms with Crippen molar-refractivity contribution in [1.82, 2.24) is 10.2 Å². The first-order chi connectivity index (χ1) is 9.09. The number of rotatable bonds is 8. The summed E-state index contributed by atoms with van der Waals surface area (Å²) in [4.78, 5) is 13.6. The molecule has 0 unspecified atom stereocenters. The van der Waals surface area contributed by atoms with Crippen LogP contribution in [0, 0.1) is 5.82 Å². The van der Waals surface area contributed by atoms with Crippen LogP contribution in [-0.2, 0) is 4.79 Å². The van der Waals surface area contributed by atoms with Gasteiger partial charge >= 0.3 is 0 Å². The number of halogens is 1. The van der Waals surface area contributed by atoms with Crippen molar-refractivity contribution in [3.8, 4) is 5.75 Å². The summed E-state index contributed by atoms with van der Waals surface area (Å²) in [7, 11) is 4.03. The van der Waals surface area contributed by atoms with Crippen LogP contribution in [0.2, 0.25) is 0 Å². The van der Waals surface area contributed by atoms with E-state index in [9.17, 15) is 9.18 Å². The summed E-state index contributed by atoms with van der Waals surface area (Å²) < 4.78 is 18.3. The molecule has 106 valence electrons. The molecule has 0 saturated carbocycles. The summed E-state index contributed by atoms with van der Waals surface area (Å²) in [6.45, 7) is 1.46. The predicted octanol–water partition coefficient (Wildman–Crippen LogP) is 1.66. The van der Waals surface area contributed by atoms with Crippen LogP contribution in [0.15, 0.2) is 24.3 Å². The standard InChI is InChI=1S/C14H21FN2O2/c1-17(2)10-6-5-9-16-14(18)11-19-13-8-4-3-7-12(13)15/h3-4,7-8H,5-6,9-11H2,1-2H3,(H,16,18). The number of carbonyl (C=O) groups excluding carboxylic acids is 1. The van der Waals surface area contributed by atoms with Crippen LogP contribution in [0.5, 0.6) is 5.75 Å². The Bertz CT molecular complexity index is 397. The smallest absolute Gasteiger partial charge is 0.257 e. The largest absolute Gasteiger partial charge is 0.481 e. The highest BCUT2D eigenvalue weighted by Gasteiger charge is 2.05. The van der Waals surface area contributed by atoms with E-state index in [4.69, 9.17) is 4.74 Å². The van der Waals surface area contributed by atoms with Crippen molar-refractivity contribution in [2.75, 3.05) is 33.8 Å². The Morgan fingerprint density at radius 3 is 2.74 bits per heavy atom. The van der Waals surface area contributed by atoms with Crippen LogP contribution in [0.3, 0.4) is 0 Å². The molecule has 0 aliphatic heterocycles. The van der Waals surface area contributed by atoms with Gasteiger partial charge in [-0.15, -0.1) is 0 Å². The molecule has 0 spiro atoms. The molecule has 0 heterocycles. The Hall–Kier alpha value is -1.62. The molecule has 0 atom stereocenters. The first-order valence-electron chi connectivity index (χ1n) is 6.38. The summed E-state index contributed by atoms with van der Waals surface area (Å²) in [6.07, 6.45) is 1.95. The maximum Gasteiger partial charge on any atom is 0.257 e. The molecule has 0 radical (unpaired) electrons. The zero-order valence-electron chi connectivity index (χ0n) is 11.5. The van der Waals surface area contributed by atoms with Crippen molar-refractivity contribution in [3.63, 3.8) is 0 Å². The van der Waals surface area contributed by atoms with Gasteiger partial charge in [-0.2, -0.15) is 0 Å². The van der Waals surface area contributed by atoms with E-state index in [2.05, 4.69) is 10.2 Å². The minimum absolute atomic E-state index is 0.102. The molecule has 0 fully saturated rings. The summed E-state index contributed by atoms with van der Waals surface area (Å²) in [5.41, 5.74) is 0. The second-order valence-electron chi connectivity index (χ2n) is 4.58. The number of unbranched alkanes of at least 4 members (excludes halogenated alkanes) is 1. The Morgan fingerprint density at radius 2 is 2.05 bits per heavy atom. The van der Waals surface area contributed by atoms with Gasteiger partial charge in [0.25, 0.3) is 5.91 Å². The lowest BCUT2D eigenvalue weighted by Gasteiger charge is -2.10. The van der Waals surface area contributed by atoms with Crippen LogP contribution in [0.4, 0.5) is 4.39 Å². The van der Waals surface area contributed by atoms with Gasteiger partial charge in [0.1, 0.15) is 0 Å². The minimum Gasteiger partial charge on any atom is -0.481 e. The fourth-order valence-corrected chi connectivity index (χ4v) is 1.54. The molecule has 0 aliphatic rings. The summed E-state index contributed by atoms with van der Waals surface area (Å²) in [5, 5.41) is 2.74.